The second-order valence-electron chi connectivity index (χ2n) is 6.22. The fourth-order valence-corrected chi connectivity index (χ4v) is 3.83. The van der Waals surface area contributed by atoms with Gasteiger partial charge < -0.3 is 4.57 Å². The van der Waals surface area contributed by atoms with E-state index in [0.717, 1.165) is 23.1 Å². The summed E-state index contributed by atoms with van der Waals surface area (Å²) in [6, 6.07) is 17.0. The first-order valence-corrected chi connectivity index (χ1v) is 9.00. The number of para-hydroxylation sites is 2. The Morgan fingerprint density at radius 1 is 0.958 bits per heavy atom. The van der Waals surface area contributed by atoms with E-state index in [0.29, 0.717) is 0 Å². The van der Waals surface area contributed by atoms with Crippen LogP contribution in [0.15, 0.2) is 53.0 Å². The molecule has 0 bridgehead atoms. The molecule has 5 heteroatoms. The molecule has 0 saturated carbocycles. The van der Waals surface area contributed by atoms with Gasteiger partial charge in [0.05, 0.1) is 17.6 Å². The lowest BCUT2D eigenvalue weighted by Gasteiger charge is -2.16. The van der Waals surface area contributed by atoms with Gasteiger partial charge >= 0.3 is 0 Å². The van der Waals surface area contributed by atoms with Crippen molar-refractivity contribution in [3.05, 3.63) is 64.4 Å². The fraction of sp³-hybridized carbons (Fsp3) is 0.316. The van der Waals surface area contributed by atoms with Crippen LogP contribution in [-0.4, -0.2) is 27.5 Å². The highest BCUT2D eigenvalue weighted by Gasteiger charge is 2.17. The summed E-state index contributed by atoms with van der Waals surface area (Å²) in [5, 5.41) is 0. The number of hydrogen-bond acceptors (Lipinski definition) is 2. The third kappa shape index (κ3) is 3.66. The van der Waals surface area contributed by atoms with Crippen LogP contribution in [0.1, 0.15) is 24.2 Å². The van der Waals surface area contributed by atoms with Crippen molar-refractivity contribution >= 4 is 39.4 Å². The van der Waals surface area contributed by atoms with Crippen LogP contribution < -0.4 is 0 Å². The predicted molar refractivity (Wildman–Crippen MR) is 105 cm³/mol. The van der Waals surface area contributed by atoms with Crippen molar-refractivity contribution in [3.63, 3.8) is 0 Å². The van der Waals surface area contributed by atoms with E-state index in [9.17, 15) is 0 Å². The van der Waals surface area contributed by atoms with Crippen LogP contribution in [0.4, 0.5) is 0 Å². The molecule has 0 radical (unpaired) electrons. The second kappa shape index (κ2) is 7.68. The van der Waals surface area contributed by atoms with E-state index >= 15 is 0 Å². The van der Waals surface area contributed by atoms with Gasteiger partial charge in [0, 0.05) is 11.0 Å². The van der Waals surface area contributed by atoms with Gasteiger partial charge in [-0.15, -0.1) is 12.4 Å². The standard InChI is InChI=1S/C19H20BrN3.ClH/c20-16-7-5-6-15(12-16)13-23-18-9-2-1-8-17(18)21-19(23)14-22-10-3-4-11-22;/h1-2,5-9,12H,3-4,10-11,13-14H2;1H. The van der Waals surface area contributed by atoms with Crippen LogP contribution in [-0.2, 0) is 13.1 Å². The van der Waals surface area contributed by atoms with Gasteiger partial charge in [-0.05, 0) is 55.8 Å². The van der Waals surface area contributed by atoms with Crippen molar-refractivity contribution < 1.29 is 0 Å². The molecular weight excluding hydrogens is 386 g/mol. The van der Waals surface area contributed by atoms with E-state index in [1.54, 1.807) is 0 Å². The molecule has 2 heterocycles. The molecule has 0 atom stereocenters. The third-order valence-corrected chi connectivity index (χ3v) is 5.02. The van der Waals surface area contributed by atoms with Crippen LogP contribution >= 0.6 is 28.3 Å². The Kier molecular flexibility index (Phi) is 5.59. The molecule has 0 aliphatic carbocycles. The predicted octanol–water partition coefficient (Wildman–Crippen LogP) is 4.86. The van der Waals surface area contributed by atoms with E-state index in [-0.39, 0.29) is 12.4 Å². The van der Waals surface area contributed by atoms with Gasteiger partial charge in [0.2, 0.25) is 0 Å². The summed E-state index contributed by atoms with van der Waals surface area (Å²) in [7, 11) is 0. The SMILES string of the molecule is Brc1cccc(Cn2c(CN3CCCC3)nc3ccccc32)c1.Cl. The summed E-state index contributed by atoms with van der Waals surface area (Å²) >= 11 is 3.57. The number of imidazole rings is 1. The number of likely N-dealkylation sites (tertiary alicyclic amines) is 1. The van der Waals surface area contributed by atoms with Crippen molar-refractivity contribution in [2.45, 2.75) is 25.9 Å². The Balaban J connectivity index is 0.00000169. The molecule has 1 saturated heterocycles. The van der Waals surface area contributed by atoms with Gasteiger partial charge in [-0.2, -0.15) is 0 Å². The van der Waals surface area contributed by atoms with Gasteiger partial charge in [-0.1, -0.05) is 40.2 Å². The maximum absolute atomic E-state index is 4.90. The minimum absolute atomic E-state index is 0. The summed E-state index contributed by atoms with van der Waals surface area (Å²) < 4.78 is 3.50. The van der Waals surface area contributed by atoms with Crippen molar-refractivity contribution in [2.24, 2.45) is 0 Å². The van der Waals surface area contributed by atoms with E-state index < -0.39 is 0 Å². The summed E-state index contributed by atoms with van der Waals surface area (Å²) in [6.07, 6.45) is 2.62. The smallest absolute Gasteiger partial charge is 0.124 e. The number of hydrogen-bond donors (Lipinski definition) is 0. The average Bonchev–Trinajstić information content (AvgIpc) is 3.17. The first kappa shape index (κ1) is 17.5. The number of fused-ring (bicyclic) bond motifs is 1. The first-order valence-electron chi connectivity index (χ1n) is 8.20. The second-order valence-corrected chi connectivity index (χ2v) is 7.13. The Hall–Kier alpha value is -1.36. The van der Waals surface area contributed by atoms with Crippen LogP contribution in [0, 0.1) is 0 Å². The molecule has 24 heavy (non-hydrogen) atoms. The lowest BCUT2D eigenvalue weighted by Crippen LogP contribution is -2.21. The monoisotopic (exact) mass is 405 g/mol. The summed E-state index contributed by atoms with van der Waals surface area (Å²) in [6.45, 7) is 4.20. The molecule has 2 aromatic carbocycles. The Labute approximate surface area is 157 Å². The van der Waals surface area contributed by atoms with Gasteiger partial charge in [0.1, 0.15) is 5.82 Å². The molecule has 3 aromatic rings. The van der Waals surface area contributed by atoms with E-state index in [2.05, 4.69) is 73.9 Å². The van der Waals surface area contributed by atoms with Crippen molar-refractivity contribution in [1.82, 2.24) is 14.5 Å². The molecule has 0 amide bonds. The summed E-state index contributed by atoms with van der Waals surface area (Å²) in [5.41, 5.74) is 3.61. The molecule has 1 fully saturated rings. The van der Waals surface area contributed by atoms with Crippen LogP contribution in [0.25, 0.3) is 11.0 Å². The quantitative estimate of drug-likeness (QED) is 0.616. The Morgan fingerprint density at radius 3 is 2.54 bits per heavy atom. The number of benzene rings is 2. The number of aromatic nitrogens is 2. The lowest BCUT2D eigenvalue weighted by atomic mass is 10.2. The highest BCUT2D eigenvalue weighted by Crippen LogP contribution is 2.21. The van der Waals surface area contributed by atoms with Gasteiger partial charge in [-0.3, -0.25) is 4.90 Å². The van der Waals surface area contributed by atoms with Crippen LogP contribution in [0.5, 0.6) is 0 Å². The van der Waals surface area contributed by atoms with Crippen molar-refractivity contribution in [3.8, 4) is 0 Å². The topological polar surface area (TPSA) is 21.1 Å². The highest BCUT2D eigenvalue weighted by atomic mass is 79.9. The number of rotatable bonds is 4. The molecule has 1 aliphatic rings. The molecule has 126 valence electrons. The summed E-state index contributed by atoms with van der Waals surface area (Å²) in [5.74, 6) is 1.17. The van der Waals surface area contributed by atoms with Crippen LogP contribution in [0.2, 0.25) is 0 Å². The molecule has 0 unspecified atom stereocenters. The molecule has 0 spiro atoms. The Morgan fingerprint density at radius 2 is 1.75 bits per heavy atom. The zero-order chi connectivity index (χ0) is 15.6. The van der Waals surface area contributed by atoms with E-state index in [1.807, 2.05) is 0 Å². The highest BCUT2D eigenvalue weighted by molar-refractivity contribution is 9.10. The molecule has 3 nitrogen and oxygen atoms in total. The van der Waals surface area contributed by atoms with Gasteiger partial charge in [0.25, 0.3) is 0 Å². The van der Waals surface area contributed by atoms with E-state index in [4.69, 9.17) is 4.98 Å². The lowest BCUT2D eigenvalue weighted by molar-refractivity contribution is 0.318. The fourth-order valence-electron chi connectivity index (χ4n) is 3.38. The molecule has 4 rings (SSSR count). The number of halogens is 2. The third-order valence-electron chi connectivity index (χ3n) is 4.53. The zero-order valence-corrected chi connectivity index (χ0v) is 15.9. The van der Waals surface area contributed by atoms with Crippen LogP contribution in [0.3, 0.4) is 0 Å². The molecule has 1 aromatic heterocycles. The summed E-state index contributed by atoms with van der Waals surface area (Å²) in [4.78, 5) is 7.42. The zero-order valence-electron chi connectivity index (χ0n) is 13.5. The average molecular weight is 407 g/mol. The first-order chi connectivity index (χ1) is 11.3. The maximum Gasteiger partial charge on any atom is 0.124 e. The minimum Gasteiger partial charge on any atom is -0.322 e. The molecule has 0 N–H and O–H groups in total. The van der Waals surface area contributed by atoms with E-state index in [1.165, 1.54) is 42.8 Å². The van der Waals surface area contributed by atoms with Crippen molar-refractivity contribution in [2.75, 3.05) is 13.1 Å². The normalized spacial score (nSPS) is 14.9. The number of nitrogens with zero attached hydrogens (tertiary/aromatic N) is 3. The van der Waals surface area contributed by atoms with Gasteiger partial charge in [0.15, 0.2) is 0 Å². The largest absolute Gasteiger partial charge is 0.322 e. The minimum atomic E-state index is 0. The molecule has 1 aliphatic heterocycles. The maximum atomic E-state index is 4.90. The molecular formula is C19H21BrClN3. The van der Waals surface area contributed by atoms with Gasteiger partial charge in [-0.25, -0.2) is 4.98 Å². The van der Waals surface area contributed by atoms with Crippen molar-refractivity contribution in [1.29, 1.82) is 0 Å². The Bertz CT molecular complexity index is 824.